The normalized spacial score (nSPS) is 15.7. The number of unbranched alkanes of at least 4 members (excludes halogenated alkanes) is 8. The van der Waals surface area contributed by atoms with Crippen molar-refractivity contribution in [1.29, 1.82) is 0 Å². The summed E-state index contributed by atoms with van der Waals surface area (Å²) in [6, 6.07) is 0. The van der Waals surface area contributed by atoms with Gasteiger partial charge in [-0.25, -0.2) is 4.79 Å². The van der Waals surface area contributed by atoms with Crippen LogP contribution in [0.1, 0.15) is 71.1 Å². The molecule has 0 aliphatic carbocycles. The van der Waals surface area contributed by atoms with Crippen LogP contribution in [-0.2, 0) is 9.53 Å². The highest BCUT2D eigenvalue weighted by atomic mass is 79.9. The Morgan fingerprint density at radius 2 is 1.59 bits per heavy atom. The summed E-state index contributed by atoms with van der Waals surface area (Å²) in [6.45, 7) is 2.25. The number of hydrogen-bond acceptors (Lipinski definition) is 2. The van der Waals surface area contributed by atoms with Crippen LogP contribution in [0, 0.1) is 0 Å². The standard InChI is InChI=1S/C17H25Br3O2/c1-2-3-4-5-6-7-8-9-10-11-14(18)13-12-15(16(19)20)22-17(13)21/h12,14H,2-11H2,1H3. The van der Waals surface area contributed by atoms with Gasteiger partial charge in [-0.15, -0.1) is 0 Å². The number of esters is 1. The van der Waals surface area contributed by atoms with Gasteiger partial charge in [0.1, 0.15) is 3.39 Å². The first-order valence-electron chi connectivity index (χ1n) is 8.19. The van der Waals surface area contributed by atoms with Gasteiger partial charge in [0.05, 0.1) is 5.57 Å². The molecule has 0 spiro atoms. The number of carbonyl (C=O) groups is 1. The topological polar surface area (TPSA) is 26.3 Å². The molecule has 0 N–H and O–H groups in total. The van der Waals surface area contributed by atoms with E-state index in [1.165, 1.54) is 51.4 Å². The lowest BCUT2D eigenvalue weighted by molar-refractivity contribution is -0.133. The third kappa shape index (κ3) is 7.78. The minimum atomic E-state index is -0.246. The number of cyclic esters (lactones) is 1. The van der Waals surface area contributed by atoms with Gasteiger partial charge in [-0.3, -0.25) is 0 Å². The van der Waals surface area contributed by atoms with E-state index in [-0.39, 0.29) is 10.8 Å². The molecule has 1 aliphatic heterocycles. The Balaban J connectivity index is 2.14. The number of alkyl halides is 1. The van der Waals surface area contributed by atoms with E-state index in [9.17, 15) is 4.79 Å². The van der Waals surface area contributed by atoms with Crippen LogP contribution in [0.4, 0.5) is 0 Å². The lowest BCUT2D eigenvalue weighted by atomic mass is 10.0. The first-order valence-corrected chi connectivity index (χ1v) is 10.7. The lowest BCUT2D eigenvalue weighted by Gasteiger charge is -2.08. The van der Waals surface area contributed by atoms with Gasteiger partial charge < -0.3 is 4.74 Å². The summed E-state index contributed by atoms with van der Waals surface area (Å²) in [5.41, 5.74) is 0.714. The number of allylic oxidation sites excluding steroid dienone is 1. The number of hydrogen-bond donors (Lipinski definition) is 0. The van der Waals surface area contributed by atoms with Crippen LogP contribution in [0.5, 0.6) is 0 Å². The van der Waals surface area contributed by atoms with Gasteiger partial charge in [-0.2, -0.15) is 0 Å². The van der Waals surface area contributed by atoms with E-state index in [2.05, 4.69) is 54.7 Å². The van der Waals surface area contributed by atoms with Gasteiger partial charge in [-0.05, 0) is 44.4 Å². The van der Waals surface area contributed by atoms with Crippen LogP contribution in [0.3, 0.4) is 0 Å². The molecular formula is C17H25Br3O2. The fraction of sp³-hybridized carbons (Fsp3) is 0.706. The first-order chi connectivity index (χ1) is 10.6. The maximum Gasteiger partial charge on any atom is 0.340 e. The van der Waals surface area contributed by atoms with Crippen LogP contribution >= 0.6 is 47.8 Å². The second-order valence-electron chi connectivity index (χ2n) is 5.70. The van der Waals surface area contributed by atoms with Crippen molar-refractivity contribution in [2.75, 3.05) is 0 Å². The number of carbonyl (C=O) groups excluding carboxylic acids is 1. The Labute approximate surface area is 159 Å². The van der Waals surface area contributed by atoms with Crippen LogP contribution in [-0.4, -0.2) is 10.8 Å². The van der Waals surface area contributed by atoms with Crippen molar-refractivity contribution in [1.82, 2.24) is 0 Å². The van der Waals surface area contributed by atoms with Crippen molar-refractivity contribution >= 4 is 53.8 Å². The van der Waals surface area contributed by atoms with Gasteiger partial charge in [-0.1, -0.05) is 80.6 Å². The molecule has 1 atom stereocenters. The van der Waals surface area contributed by atoms with Gasteiger partial charge in [0.15, 0.2) is 5.76 Å². The Morgan fingerprint density at radius 3 is 2.09 bits per heavy atom. The molecule has 1 unspecified atom stereocenters. The van der Waals surface area contributed by atoms with E-state index in [0.29, 0.717) is 14.7 Å². The predicted octanol–water partition coefficient (Wildman–Crippen LogP) is 7.11. The van der Waals surface area contributed by atoms with Gasteiger partial charge >= 0.3 is 5.97 Å². The zero-order chi connectivity index (χ0) is 16.4. The minimum absolute atomic E-state index is 0.0846. The maximum atomic E-state index is 11.8. The largest absolute Gasteiger partial charge is 0.421 e. The van der Waals surface area contributed by atoms with E-state index in [1.54, 1.807) is 6.08 Å². The average Bonchev–Trinajstić information content (AvgIpc) is 2.87. The molecule has 0 fully saturated rings. The molecule has 5 heteroatoms. The highest BCUT2D eigenvalue weighted by molar-refractivity contribution is 9.28. The Kier molecular flexibility index (Phi) is 11.0. The first kappa shape index (κ1) is 20.4. The molecule has 1 heterocycles. The molecule has 0 bridgehead atoms. The molecule has 2 nitrogen and oxygen atoms in total. The van der Waals surface area contributed by atoms with E-state index >= 15 is 0 Å². The van der Waals surface area contributed by atoms with Crippen molar-refractivity contribution in [3.05, 3.63) is 20.8 Å². The molecule has 1 rings (SSSR count). The number of halogens is 3. The minimum Gasteiger partial charge on any atom is -0.421 e. The number of rotatable bonds is 11. The zero-order valence-electron chi connectivity index (χ0n) is 13.2. The van der Waals surface area contributed by atoms with Crippen LogP contribution < -0.4 is 0 Å². The van der Waals surface area contributed by atoms with Crippen molar-refractivity contribution < 1.29 is 9.53 Å². The molecule has 1 aliphatic rings. The van der Waals surface area contributed by atoms with Gasteiger partial charge in [0.2, 0.25) is 0 Å². The molecule has 0 radical (unpaired) electrons. The molecule has 0 amide bonds. The molecule has 0 aromatic carbocycles. The van der Waals surface area contributed by atoms with Crippen molar-refractivity contribution in [2.45, 2.75) is 76.0 Å². The van der Waals surface area contributed by atoms with Crippen LogP contribution in [0.2, 0.25) is 0 Å². The molecule has 0 saturated heterocycles. The maximum absolute atomic E-state index is 11.8. The van der Waals surface area contributed by atoms with Crippen LogP contribution in [0.25, 0.3) is 0 Å². The summed E-state index contributed by atoms with van der Waals surface area (Å²) in [5, 5.41) is 0. The number of ether oxygens (including phenoxy) is 1. The summed E-state index contributed by atoms with van der Waals surface area (Å²) in [4.78, 5) is 11.9. The fourth-order valence-electron chi connectivity index (χ4n) is 2.49. The SMILES string of the molecule is CCCCCCCCCCCC(Br)C1=CC(=C(Br)Br)OC1=O. The Morgan fingerprint density at radius 1 is 1.05 bits per heavy atom. The third-order valence-corrected chi connectivity index (χ3v) is 5.54. The van der Waals surface area contributed by atoms with E-state index in [0.717, 1.165) is 12.8 Å². The monoisotopic (exact) mass is 498 g/mol. The highest BCUT2D eigenvalue weighted by Gasteiger charge is 2.27. The smallest absolute Gasteiger partial charge is 0.340 e. The Bertz CT molecular complexity index is 412. The van der Waals surface area contributed by atoms with E-state index in [1.807, 2.05) is 0 Å². The Hall–Kier alpha value is 0.390. The van der Waals surface area contributed by atoms with Gasteiger partial charge in [0.25, 0.3) is 0 Å². The fourth-order valence-corrected chi connectivity index (χ4v) is 3.52. The van der Waals surface area contributed by atoms with Crippen molar-refractivity contribution in [2.24, 2.45) is 0 Å². The zero-order valence-corrected chi connectivity index (χ0v) is 17.9. The summed E-state index contributed by atoms with van der Waals surface area (Å²) in [5.74, 6) is 0.306. The average molecular weight is 501 g/mol. The van der Waals surface area contributed by atoms with Gasteiger partial charge in [0, 0.05) is 4.83 Å². The second-order valence-corrected chi connectivity index (χ2v) is 9.45. The summed E-state index contributed by atoms with van der Waals surface area (Å²) >= 11 is 10.1. The van der Waals surface area contributed by atoms with Crippen molar-refractivity contribution in [3.8, 4) is 0 Å². The molecule has 22 heavy (non-hydrogen) atoms. The molecule has 0 saturated carbocycles. The molecular weight excluding hydrogens is 476 g/mol. The molecule has 0 aromatic rings. The second kappa shape index (κ2) is 11.9. The summed E-state index contributed by atoms with van der Waals surface area (Å²) in [7, 11) is 0. The van der Waals surface area contributed by atoms with E-state index < -0.39 is 0 Å². The molecule has 126 valence electrons. The summed E-state index contributed by atoms with van der Waals surface area (Å²) < 4.78 is 5.84. The summed E-state index contributed by atoms with van der Waals surface area (Å²) in [6.07, 6.45) is 14.6. The van der Waals surface area contributed by atoms with Crippen LogP contribution in [0.15, 0.2) is 20.8 Å². The lowest BCUT2D eigenvalue weighted by Crippen LogP contribution is -2.10. The highest BCUT2D eigenvalue weighted by Crippen LogP contribution is 2.32. The van der Waals surface area contributed by atoms with Crippen molar-refractivity contribution in [3.63, 3.8) is 0 Å². The molecule has 0 aromatic heterocycles. The van der Waals surface area contributed by atoms with E-state index in [4.69, 9.17) is 4.74 Å². The predicted molar refractivity (Wildman–Crippen MR) is 104 cm³/mol. The third-order valence-electron chi connectivity index (χ3n) is 3.81. The quantitative estimate of drug-likeness (QED) is 0.171.